The van der Waals surface area contributed by atoms with Gasteiger partial charge in [-0.2, -0.15) is 0 Å². The molecular weight excluding hydrogens is 387 g/mol. The second-order valence-corrected chi connectivity index (χ2v) is 8.00. The monoisotopic (exact) mass is 412 g/mol. The second kappa shape index (κ2) is 8.57. The first-order valence-corrected chi connectivity index (χ1v) is 9.64. The summed E-state index contributed by atoms with van der Waals surface area (Å²) in [5.74, 6) is -0.446. The van der Waals surface area contributed by atoms with Gasteiger partial charge in [0, 0.05) is 5.56 Å². The number of hydrogen-bond donors (Lipinski definition) is 1. The summed E-state index contributed by atoms with van der Waals surface area (Å²) < 4.78 is 24.8. The first-order chi connectivity index (χ1) is 14.2. The minimum Gasteiger partial charge on any atom is -0.489 e. The van der Waals surface area contributed by atoms with E-state index in [1.165, 1.54) is 11.0 Å². The number of halogens is 1. The number of amides is 2. The Bertz CT molecular complexity index is 964. The van der Waals surface area contributed by atoms with Gasteiger partial charge in [-0.15, -0.1) is 0 Å². The molecule has 2 aromatic rings. The second-order valence-electron chi connectivity index (χ2n) is 8.00. The van der Waals surface area contributed by atoms with Crippen molar-refractivity contribution in [2.75, 3.05) is 0 Å². The lowest BCUT2D eigenvalue weighted by molar-refractivity contribution is -0.116. The third-order valence-corrected chi connectivity index (χ3v) is 4.57. The molecule has 0 bridgehead atoms. The van der Waals surface area contributed by atoms with Gasteiger partial charge in [-0.05, 0) is 51.0 Å². The van der Waals surface area contributed by atoms with Gasteiger partial charge in [0.2, 0.25) is 0 Å². The van der Waals surface area contributed by atoms with Gasteiger partial charge in [-0.25, -0.2) is 9.18 Å². The van der Waals surface area contributed by atoms with E-state index in [0.717, 1.165) is 5.56 Å². The third kappa shape index (κ3) is 4.97. The molecule has 0 fully saturated rings. The van der Waals surface area contributed by atoms with Gasteiger partial charge in [0.1, 0.15) is 29.5 Å². The standard InChI is InChI=1S/C23H25FN2O4/c1-23(2,3)30-22(28)26-19(12-13-20(26)21(25)27)15-8-10-17(11-9-15)29-14-16-6-4-5-7-18(16)24/h4-11,13,19H,12,14H2,1-3H3,(H2,25,27)/t19-/m1/s1. The molecular formula is C23H25FN2O4. The van der Waals surface area contributed by atoms with E-state index in [1.807, 2.05) is 0 Å². The van der Waals surface area contributed by atoms with Crippen LogP contribution in [0.3, 0.4) is 0 Å². The van der Waals surface area contributed by atoms with E-state index in [0.29, 0.717) is 17.7 Å². The van der Waals surface area contributed by atoms with Crippen molar-refractivity contribution in [1.29, 1.82) is 0 Å². The van der Waals surface area contributed by atoms with Crippen LogP contribution in [0.1, 0.15) is 44.4 Å². The van der Waals surface area contributed by atoms with Crippen molar-refractivity contribution in [3.05, 3.63) is 77.2 Å². The molecule has 0 saturated heterocycles. The molecule has 1 atom stereocenters. The Hall–Kier alpha value is -3.35. The fourth-order valence-electron chi connectivity index (χ4n) is 3.20. The summed E-state index contributed by atoms with van der Waals surface area (Å²) in [5.41, 5.74) is 6.12. The molecule has 2 amide bonds. The molecule has 0 unspecified atom stereocenters. The van der Waals surface area contributed by atoms with E-state index in [1.54, 1.807) is 69.3 Å². The Morgan fingerprint density at radius 3 is 2.40 bits per heavy atom. The molecule has 6 nitrogen and oxygen atoms in total. The minimum atomic E-state index is -0.711. The molecule has 1 aliphatic rings. The topological polar surface area (TPSA) is 81.9 Å². The van der Waals surface area contributed by atoms with E-state index in [-0.39, 0.29) is 18.1 Å². The van der Waals surface area contributed by atoms with Crippen LogP contribution in [-0.4, -0.2) is 22.5 Å². The van der Waals surface area contributed by atoms with E-state index in [2.05, 4.69) is 0 Å². The van der Waals surface area contributed by atoms with Crippen LogP contribution in [0.4, 0.5) is 9.18 Å². The van der Waals surface area contributed by atoms with Crippen LogP contribution in [0.15, 0.2) is 60.3 Å². The SMILES string of the molecule is CC(C)(C)OC(=O)N1C(C(N)=O)=CC[C@@H]1c1ccc(OCc2ccccc2F)cc1. The Labute approximate surface area is 175 Å². The molecule has 2 N–H and O–H groups in total. The highest BCUT2D eigenvalue weighted by Gasteiger charge is 2.37. The van der Waals surface area contributed by atoms with Crippen LogP contribution in [0.2, 0.25) is 0 Å². The molecule has 1 aliphatic heterocycles. The number of primary amides is 1. The van der Waals surface area contributed by atoms with Crippen LogP contribution in [0.25, 0.3) is 0 Å². The molecule has 0 radical (unpaired) electrons. The third-order valence-electron chi connectivity index (χ3n) is 4.57. The summed E-state index contributed by atoms with van der Waals surface area (Å²) >= 11 is 0. The van der Waals surface area contributed by atoms with Crippen LogP contribution in [0, 0.1) is 5.82 Å². The highest BCUT2D eigenvalue weighted by molar-refractivity contribution is 5.96. The summed E-state index contributed by atoms with van der Waals surface area (Å²) in [6.07, 6.45) is 1.45. The van der Waals surface area contributed by atoms with Gasteiger partial charge >= 0.3 is 6.09 Å². The number of hydrogen-bond acceptors (Lipinski definition) is 4. The average Bonchev–Trinajstić information content (AvgIpc) is 3.12. The predicted molar refractivity (Wildman–Crippen MR) is 110 cm³/mol. The van der Waals surface area contributed by atoms with Gasteiger partial charge in [-0.1, -0.05) is 36.4 Å². The maximum absolute atomic E-state index is 13.7. The molecule has 7 heteroatoms. The summed E-state index contributed by atoms with van der Waals surface area (Å²) in [6, 6.07) is 13.1. The maximum Gasteiger partial charge on any atom is 0.415 e. The molecule has 0 spiro atoms. The van der Waals surface area contributed by atoms with Crippen molar-refractivity contribution in [3.8, 4) is 5.75 Å². The Balaban J connectivity index is 1.74. The zero-order chi connectivity index (χ0) is 21.9. The number of nitrogens with two attached hydrogens (primary N) is 1. The number of carbonyl (C=O) groups is 2. The number of rotatable bonds is 5. The van der Waals surface area contributed by atoms with E-state index < -0.39 is 23.6 Å². The normalized spacial score (nSPS) is 16.2. The van der Waals surface area contributed by atoms with Crippen molar-refractivity contribution in [2.24, 2.45) is 5.73 Å². The zero-order valence-electron chi connectivity index (χ0n) is 17.2. The highest BCUT2D eigenvalue weighted by atomic mass is 19.1. The van der Waals surface area contributed by atoms with Crippen LogP contribution < -0.4 is 10.5 Å². The summed E-state index contributed by atoms with van der Waals surface area (Å²) in [5, 5.41) is 0. The Kier molecular flexibility index (Phi) is 6.10. The van der Waals surface area contributed by atoms with E-state index in [9.17, 15) is 14.0 Å². The lowest BCUT2D eigenvalue weighted by Crippen LogP contribution is -2.39. The van der Waals surface area contributed by atoms with Gasteiger partial charge in [0.25, 0.3) is 5.91 Å². The van der Waals surface area contributed by atoms with Crippen molar-refractivity contribution in [1.82, 2.24) is 4.90 Å². The zero-order valence-corrected chi connectivity index (χ0v) is 17.2. The molecule has 3 rings (SSSR count). The quantitative estimate of drug-likeness (QED) is 0.786. The molecule has 0 aliphatic carbocycles. The summed E-state index contributed by atoms with van der Waals surface area (Å²) in [4.78, 5) is 25.8. The molecule has 1 heterocycles. The van der Waals surface area contributed by atoms with Crippen molar-refractivity contribution in [2.45, 2.75) is 45.4 Å². The van der Waals surface area contributed by atoms with Gasteiger partial charge in [-0.3, -0.25) is 9.69 Å². The lowest BCUT2D eigenvalue weighted by atomic mass is 10.0. The summed E-state index contributed by atoms with van der Waals surface area (Å²) in [7, 11) is 0. The molecule has 2 aromatic carbocycles. The Morgan fingerprint density at radius 1 is 1.13 bits per heavy atom. The van der Waals surface area contributed by atoms with Gasteiger partial charge < -0.3 is 15.2 Å². The number of nitrogens with zero attached hydrogens (tertiary/aromatic N) is 1. The van der Waals surface area contributed by atoms with Gasteiger partial charge in [0.05, 0.1) is 6.04 Å². The minimum absolute atomic E-state index is 0.104. The van der Waals surface area contributed by atoms with Crippen molar-refractivity contribution >= 4 is 12.0 Å². The van der Waals surface area contributed by atoms with E-state index >= 15 is 0 Å². The van der Waals surface area contributed by atoms with Crippen LogP contribution >= 0.6 is 0 Å². The summed E-state index contributed by atoms with van der Waals surface area (Å²) in [6.45, 7) is 5.37. The lowest BCUT2D eigenvalue weighted by Gasteiger charge is -2.30. The first kappa shape index (κ1) is 21.4. The van der Waals surface area contributed by atoms with Crippen LogP contribution in [-0.2, 0) is 16.1 Å². The van der Waals surface area contributed by atoms with Crippen molar-refractivity contribution < 1.29 is 23.5 Å². The van der Waals surface area contributed by atoms with E-state index in [4.69, 9.17) is 15.2 Å². The fourth-order valence-corrected chi connectivity index (χ4v) is 3.20. The number of benzene rings is 2. The number of carbonyl (C=O) groups excluding carboxylic acids is 2. The predicted octanol–water partition coefficient (Wildman–Crippen LogP) is 4.46. The average molecular weight is 412 g/mol. The Morgan fingerprint density at radius 2 is 1.80 bits per heavy atom. The molecule has 0 saturated carbocycles. The number of ether oxygens (including phenoxy) is 2. The van der Waals surface area contributed by atoms with Gasteiger partial charge in [0.15, 0.2) is 0 Å². The molecule has 30 heavy (non-hydrogen) atoms. The molecule has 0 aromatic heterocycles. The first-order valence-electron chi connectivity index (χ1n) is 9.64. The smallest absolute Gasteiger partial charge is 0.415 e. The van der Waals surface area contributed by atoms with Crippen molar-refractivity contribution in [3.63, 3.8) is 0 Å². The van der Waals surface area contributed by atoms with Crippen LogP contribution in [0.5, 0.6) is 5.75 Å². The molecule has 158 valence electrons. The maximum atomic E-state index is 13.7. The largest absolute Gasteiger partial charge is 0.489 e. The fraction of sp³-hybridized carbons (Fsp3) is 0.304. The highest BCUT2D eigenvalue weighted by Crippen LogP contribution is 2.36.